The van der Waals surface area contributed by atoms with E-state index in [1.165, 1.54) is 11.1 Å². The molecule has 3 aromatic rings. The smallest absolute Gasteiger partial charge is 0.205 e. The first-order valence-corrected chi connectivity index (χ1v) is 9.15. The van der Waals surface area contributed by atoms with Crippen LogP contribution in [0.15, 0.2) is 48.5 Å². The van der Waals surface area contributed by atoms with Crippen molar-refractivity contribution < 1.29 is 9.47 Å². The molecule has 2 aromatic carbocycles. The molecule has 2 N–H and O–H groups in total. The molecule has 4 nitrogen and oxygen atoms in total. The number of fused-ring (bicyclic) bond motifs is 2. The molecule has 2 unspecified atom stereocenters. The summed E-state index contributed by atoms with van der Waals surface area (Å²) in [5.74, 6) is 1.81. The molecule has 2 aliphatic heterocycles. The van der Waals surface area contributed by atoms with Crippen molar-refractivity contribution in [3.05, 3.63) is 69.4 Å². The summed E-state index contributed by atoms with van der Waals surface area (Å²) in [5, 5.41) is 6.89. The predicted molar refractivity (Wildman–Crippen MR) is 101 cm³/mol. The first kappa shape index (κ1) is 14.7. The van der Waals surface area contributed by atoms with Gasteiger partial charge >= 0.3 is 0 Å². The van der Waals surface area contributed by atoms with Gasteiger partial charge in [0.15, 0.2) is 0 Å². The molecule has 0 saturated carbocycles. The molecule has 0 spiro atoms. The zero-order chi connectivity index (χ0) is 17.0. The van der Waals surface area contributed by atoms with Gasteiger partial charge in [0.2, 0.25) is 12.5 Å². The van der Waals surface area contributed by atoms with Crippen LogP contribution in [0.1, 0.15) is 33.3 Å². The third-order valence-electron chi connectivity index (χ3n) is 4.50. The lowest BCUT2D eigenvalue weighted by molar-refractivity contribution is 0.263. The molecule has 5 rings (SSSR count). The van der Waals surface area contributed by atoms with Crippen molar-refractivity contribution in [1.29, 1.82) is 0 Å². The van der Waals surface area contributed by atoms with Gasteiger partial charge in [-0.2, -0.15) is 0 Å². The van der Waals surface area contributed by atoms with Crippen molar-refractivity contribution >= 4 is 22.7 Å². The van der Waals surface area contributed by atoms with Gasteiger partial charge in [0.1, 0.15) is 11.5 Å². The summed E-state index contributed by atoms with van der Waals surface area (Å²) < 4.78 is 12.1. The van der Waals surface area contributed by atoms with Crippen LogP contribution in [0.25, 0.3) is 0 Å². The third-order valence-corrected chi connectivity index (χ3v) is 5.67. The highest BCUT2D eigenvalue weighted by Gasteiger charge is 2.28. The fraction of sp³-hybridized carbons (Fsp3) is 0.200. The van der Waals surface area contributed by atoms with E-state index in [2.05, 4.69) is 60.9 Å². The Labute approximate surface area is 150 Å². The van der Waals surface area contributed by atoms with E-state index in [0.717, 1.165) is 32.6 Å². The van der Waals surface area contributed by atoms with Gasteiger partial charge in [-0.25, -0.2) is 0 Å². The summed E-state index contributed by atoms with van der Waals surface area (Å²) in [6.45, 7) is 4.17. The van der Waals surface area contributed by atoms with Crippen molar-refractivity contribution in [3.63, 3.8) is 0 Å². The summed E-state index contributed by atoms with van der Waals surface area (Å²) in [6.07, 6.45) is -0.275. The number of anilines is 2. The molecular formula is C20H18N2O2S. The second kappa shape index (κ2) is 5.43. The number of hydrogen-bond acceptors (Lipinski definition) is 5. The highest BCUT2D eigenvalue weighted by Crippen LogP contribution is 2.43. The van der Waals surface area contributed by atoms with Crippen LogP contribution in [0, 0.1) is 13.8 Å². The molecule has 0 aliphatic carbocycles. The number of aryl methyl sites for hydroxylation is 2. The van der Waals surface area contributed by atoms with E-state index in [9.17, 15) is 0 Å². The minimum absolute atomic E-state index is 0.137. The molecule has 2 aliphatic rings. The Bertz CT molecular complexity index is 890. The van der Waals surface area contributed by atoms with E-state index in [1.54, 1.807) is 11.3 Å². The van der Waals surface area contributed by atoms with Gasteiger partial charge in [-0.05, 0) is 61.4 Å². The second-order valence-electron chi connectivity index (χ2n) is 6.52. The summed E-state index contributed by atoms with van der Waals surface area (Å²) in [4.78, 5) is 2.28. The minimum Gasteiger partial charge on any atom is -0.463 e. The Morgan fingerprint density at radius 1 is 0.720 bits per heavy atom. The highest BCUT2D eigenvalue weighted by molar-refractivity contribution is 7.12. The predicted octanol–water partition coefficient (Wildman–Crippen LogP) is 5.37. The molecule has 0 radical (unpaired) electrons. The Hall–Kier alpha value is -2.66. The maximum atomic E-state index is 6.04. The second-order valence-corrected chi connectivity index (χ2v) is 7.67. The average Bonchev–Trinajstić information content (AvgIpc) is 3.30. The van der Waals surface area contributed by atoms with Crippen LogP contribution < -0.4 is 20.1 Å². The van der Waals surface area contributed by atoms with Crippen LogP contribution in [0.2, 0.25) is 0 Å². The van der Waals surface area contributed by atoms with Crippen LogP contribution >= 0.6 is 11.3 Å². The Balaban J connectivity index is 1.35. The van der Waals surface area contributed by atoms with Crippen molar-refractivity contribution in [2.45, 2.75) is 26.3 Å². The monoisotopic (exact) mass is 350 g/mol. The molecule has 0 bridgehead atoms. The van der Waals surface area contributed by atoms with Crippen molar-refractivity contribution in [2.24, 2.45) is 0 Å². The maximum Gasteiger partial charge on any atom is 0.205 e. The quantitative estimate of drug-likeness (QED) is 0.652. The van der Waals surface area contributed by atoms with E-state index < -0.39 is 0 Å². The van der Waals surface area contributed by atoms with Gasteiger partial charge in [0.25, 0.3) is 0 Å². The van der Waals surface area contributed by atoms with Crippen molar-refractivity contribution in [3.8, 4) is 11.5 Å². The van der Waals surface area contributed by atoms with E-state index >= 15 is 0 Å². The lowest BCUT2D eigenvalue weighted by Crippen LogP contribution is -2.09. The number of thiophene rings is 1. The molecule has 1 aromatic heterocycles. The van der Waals surface area contributed by atoms with E-state index in [-0.39, 0.29) is 12.5 Å². The fourth-order valence-electron chi connectivity index (χ4n) is 3.22. The summed E-state index contributed by atoms with van der Waals surface area (Å²) >= 11 is 1.70. The SMILES string of the molecule is Cc1ccc2c(c1)NC(c1ccc(C3Nc4cc(C)ccc4O3)s1)O2. The number of benzene rings is 2. The average molecular weight is 350 g/mol. The Morgan fingerprint density at radius 2 is 1.20 bits per heavy atom. The molecule has 25 heavy (non-hydrogen) atoms. The van der Waals surface area contributed by atoms with Crippen LogP contribution in [-0.2, 0) is 0 Å². The van der Waals surface area contributed by atoms with Gasteiger partial charge in [-0.15, -0.1) is 11.3 Å². The zero-order valence-corrected chi connectivity index (χ0v) is 14.8. The van der Waals surface area contributed by atoms with Crippen LogP contribution in [0.4, 0.5) is 11.4 Å². The van der Waals surface area contributed by atoms with Gasteiger partial charge < -0.3 is 20.1 Å². The van der Waals surface area contributed by atoms with E-state index in [4.69, 9.17) is 9.47 Å². The molecule has 0 fully saturated rings. The topological polar surface area (TPSA) is 42.5 Å². The zero-order valence-electron chi connectivity index (χ0n) is 14.0. The lowest BCUT2D eigenvalue weighted by Gasteiger charge is -2.10. The number of rotatable bonds is 2. The number of hydrogen-bond donors (Lipinski definition) is 2. The van der Waals surface area contributed by atoms with Gasteiger partial charge in [0.05, 0.1) is 21.1 Å². The molecule has 0 amide bonds. The largest absolute Gasteiger partial charge is 0.463 e. The third kappa shape index (κ3) is 2.51. The van der Waals surface area contributed by atoms with Crippen molar-refractivity contribution in [1.82, 2.24) is 0 Å². The molecule has 5 heteroatoms. The molecule has 2 atom stereocenters. The van der Waals surface area contributed by atoms with Crippen LogP contribution in [0.5, 0.6) is 11.5 Å². The van der Waals surface area contributed by atoms with Gasteiger partial charge in [-0.1, -0.05) is 12.1 Å². The Morgan fingerprint density at radius 3 is 1.68 bits per heavy atom. The number of ether oxygens (including phenoxy) is 2. The van der Waals surface area contributed by atoms with Gasteiger partial charge in [-0.3, -0.25) is 0 Å². The maximum absolute atomic E-state index is 6.04. The first-order chi connectivity index (χ1) is 12.2. The molecule has 3 heterocycles. The Kier molecular flexibility index (Phi) is 3.18. The first-order valence-electron chi connectivity index (χ1n) is 8.33. The minimum atomic E-state index is -0.137. The summed E-state index contributed by atoms with van der Waals surface area (Å²) in [5.41, 5.74) is 4.55. The van der Waals surface area contributed by atoms with Gasteiger partial charge in [0, 0.05) is 0 Å². The van der Waals surface area contributed by atoms with Crippen molar-refractivity contribution in [2.75, 3.05) is 10.6 Å². The highest BCUT2D eigenvalue weighted by atomic mass is 32.1. The fourth-order valence-corrected chi connectivity index (χ4v) is 4.20. The lowest BCUT2D eigenvalue weighted by atomic mass is 10.2. The normalized spacial score (nSPS) is 20.1. The number of nitrogens with one attached hydrogen (secondary N) is 2. The molecular weight excluding hydrogens is 332 g/mol. The summed E-state index contributed by atoms with van der Waals surface area (Å²) in [6, 6.07) is 16.6. The molecule has 126 valence electrons. The standard InChI is InChI=1S/C20H18N2O2S/c1-11-3-5-15-13(9-11)21-19(23-15)17-7-8-18(25-17)20-22-14-10-12(2)4-6-16(14)24-20/h3-10,19-22H,1-2H3. The summed E-state index contributed by atoms with van der Waals surface area (Å²) in [7, 11) is 0. The van der Waals surface area contributed by atoms with E-state index in [1.807, 2.05) is 12.1 Å². The van der Waals surface area contributed by atoms with Crippen LogP contribution in [0.3, 0.4) is 0 Å². The molecule has 0 saturated heterocycles. The van der Waals surface area contributed by atoms with E-state index in [0.29, 0.717) is 0 Å². The van der Waals surface area contributed by atoms with Crippen LogP contribution in [-0.4, -0.2) is 0 Å².